The molecule has 0 spiro atoms. The Bertz CT molecular complexity index is 900. The third-order valence-corrected chi connectivity index (χ3v) is 5.78. The Balaban J connectivity index is 1.62. The highest BCUT2D eigenvalue weighted by Gasteiger charge is 2.52. The van der Waals surface area contributed by atoms with E-state index in [0.717, 1.165) is 22.4 Å². The van der Waals surface area contributed by atoms with Crippen molar-refractivity contribution in [1.82, 2.24) is 0 Å². The number of rotatable bonds is 7. The molecule has 2 heterocycles. The van der Waals surface area contributed by atoms with Crippen molar-refractivity contribution in [2.75, 3.05) is 20.3 Å². The van der Waals surface area contributed by atoms with Gasteiger partial charge in [0.05, 0.1) is 20.3 Å². The fourth-order valence-electron chi connectivity index (χ4n) is 4.20. The summed E-state index contributed by atoms with van der Waals surface area (Å²) in [6.45, 7) is 1.11. The van der Waals surface area contributed by atoms with Gasteiger partial charge < -0.3 is 18.9 Å². The zero-order valence-electron chi connectivity index (χ0n) is 16.4. The van der Waals surface area contributed by atoms with Gasteiger partial charge in [-0.3, -0.25) is 0 Å². The maximum Gasteiger partial charge on any atom is 0.143 e. The van der Waals surface area contributed by atoms with Gasteiger partial charge in [-0.25, -0.2) is 0 Å². The molecule has 3 atom stereocenters. The Morgan fingerprint density at radius 2 is 1.41 bits per heavy atom. The molecular formula is C25H24O4. The van der Waals surface area contributed by atoms with Crippen molar-refractivity contribution >= 4 is 0 Å². The fourth-order valence-corrected chi connectivity index (χ4v) is 4.20. The molecule has 0 aromatic heterocycles. The van der Waals surface area contributed by atoms with Gasteiger partial charge >= 0.3 is 0 Å². The normalized spacial score (nSPS) is 22.9. The van der Waals surface area contributed by atoms with E-state index in [9.17, 15) is 0 Å². The highest BCUT2D eigenvalue weighted by atomic mass is 16.7. The van der Waals surface area contributed by atoms with E-state index in [1.807, 2.05) is 48.5 Å². The molecule has 0 radical (unpaired) electrons. The standard InChI is InChI=1S/C25H24O4/c1-26-21-14-12-20(13-15-21)25(18-8-4-2-5-9-18,19-10-6-3-7-11-19)28-17-22-24-23(29-24)16-27-22/h2-15,22-24H,16-17H2,1H3. The number of fused-ring (bicyclic) bond motifs is 1. The Morgan fingerprint density at radius 1 is 0.828 bits per heavy atom. The summed E-state index contributed by atoms with van der Waals surface area (Å²) in [5, 5.41) is 0. The number of ether oxygens (including phenoxy) is 4. The first kappa shape index (κ1) is 18.4. The van der Waals surface area contributed by atoms with E-state index in [4.69, 9.17) is 18.9 Å². The lowest BCUT2D eigenvalue weighted by Gasteiger charge is -2.36. The number of epoxide rings is 1. The lowest BCUT2D eigenvalue weighted by atomic mass is 9.80. The molecule has 2 aliphatic rings. The highest BCUT2D eigenvalue weighted by Crippen LogP contribution is 2.42. The van der Waals surface area contributed by atoms with E-state index in [-0.39, 0.29) is 18.3 Å². The van der Waals surface area contributed by atoms with E-state index >= 15 is 0 Å². The maximum absolute atomic E-state index is 6.80. The van der Waals surface area contributed by atoms with Crippen LogP contribution in [0.3, 0.4) is 0 Å². The summed E-state index contributed by atoms with van der Waals surface area (Å²) < 4.78 is 23.7. The van der Waals surface area contributed by atoms with E-state index < -0.39 is 5.60 Å². The van der Waals surface area contributed by atoms with Gasteiger partial charge in [0.15, 0.2) is 0 Å². The summed E-state index contributed by atoms with van der Waals surface area (Å²) in [6.07, 6.45) is 0.368. The molecule has 2 fully saturated rings. The van der Waals surface area contributed by atoms with Gasteiger partial charge in [-0.2, -0.15) is 0 Å². The summed E-state index contributed by atoms with van der Waals surface area (Å²) in [6, 6.07) is 28.8. The minimum atomic E-state index is -0.759. The second-order valence-corrected chi connectivity index (χ2v) is 7.46. The molecule has 2 aliphatic heterocycles. The SMILES string of the molecule is COc1ccc(C(OCC2OCC3OC23)(c2ccccc2)c2ccccc2)cc1. The fraction of sp³-hybridized carbons (Fsp3) is 0.280. The van der Waals surface area contributed by atoms with Crippen LogP contribution in [-0.2, 0) is 19.8 Å². The lowest BCUT2D eigenvalue weighted by Crippen LogP contribution is -2.37. The molecule has 3 aromatic rings. The predicted molar refractivity (Wildman–Crippen MR) is 110 cm³/mol. The third kappa shape index (κ3) is 3.33. The second-order valence-electron chi connectivity index (χ2n) is 7.46. The molecule has 0 amide bonds. The van der Waals surface area contributed by atoms with Gasteiger partial charge in [-0.1, -0.05) is 72.8 Å². The molecule has 0 bridgehead atoms. The Hall–Kier alpha value is -2.66. The monoisotopic (exact) mass is 388 g/mol. The van der Waals surface area contributed by atoms with E-state index in [0.29, 0.717) is 13.2 Å². The van der Waals surface area contributed by atoms with E-state index in [1.165, 1.54) is 0 Å². The van der Waals surface area contributed by atoms with Crippen LogP contribution in [-0.4, -0.2) is 38.6 Å². The van der Waals surface area contributed by atoms with Crippen LogP contribution >= 0.6 is 0 Å². The molecule has 5 rings (SSSR count). The minimum absolute atomic E-state index is 0.0370. The first-order valence-electron chi connectivity index (χ1n) is 9.98. The first-order valence-corrected chi connectivity index (χ1v) is 9.98. The Morgan fingerprint density at radius 3 is 1.90 bits per heavy atom. The summed E-state index contributed by atoms with van der Waals surface area (Å²) >= 11 is 0. The quantitative estimate of drug-likeness (QED) is 0.450. The van der Waals surface area contributed by atoms with Crippen LogP contribution in [0.25, 0.3) is 0 Å². The molecule has 29 heavy (non-hydrogen) atoms. The van der Waals surface area contributed by atoms with Crippen LogP contribution in [0.15, 0.2) is 84.9 Å². The number of benzene rings is 3. The summed E-state index contributed by atoms with van der Waals surface area (Å²) in [4.78, 5) is 0. The molecule has 148 valence electrons. The minimum Gasteiger partial charge on any atom is -0.497 e. The molecule has 0 N–H and O–H groups in total. The average Bonchev–Trinajstić information content (AvgIpc) is 3.48. The van der Waals surface area contributed by atoms with Gasteiger partial charge in [0.2, 0.25) is 0 Å². The topological polar surface area (TPSA) is 40.2 Å². The van der Waals surface area contributed by atoms with Crippen molar-refractivity contribution in [3.05, 3.63) is 102 Å². The average molecular weight is 388 g/mol. The molecule has 2 saturated heterocycles. The van der Waals surface area contributed by atoms with Crippen molar-refractivity contribution in [3.63, 3.8) is 0 Å². The van der Waals surface area contributed by atoms with Gasteiger partial charge in [0, 0.05) is 0 Å². The van der Waals surface area contributed by atoms with Crippen LogP contribution in [0.4, 0.5) is 0 Å². The first-order chi connectivity index (χ1) is 14.3. The maximum atomic E-state index is 6.80. The molecule has 0 aliphatic carbocycles. The number of hydrogen-bond donors (Lipinski definition) is 0. The Kier molecular flexibility index (Phi) is 4.84. The molecule has 0 saturated carbocycles. The summed E-state index contributed by atoms with van der Waals surface area (Å²) in [5.74, 6) is 0.817. The molecule has 4 nitrogen and oxygen atoms in total. The van der Waals surface area contributed by atoms with Gasteiger partial charge in [-0.15, -0.1) is 0 Å². The lowest BCUT2D eigenvalue weighted by molar-refractivity contribution is -0.0702. The van der Waals surface area contributed by atoms with Crippen molar-refractivity contribution in [1.29, 1.82) is 0 Å². The molecular weight excluding hydrogens is 364 g/mol. The molecule has 4 heteroatoms. The van der Waals surface area contributed by atoms with Gasteiger partial charge in [0.1, 0.15) is 29.7 Å². The third-order valence-electron chi connectivity index (χ3n) is 5.78. The van der Waals surface area contributed by atoms with Crippen LogP contribution in [0.5, 0.6) is 5.75 Å². The van der Waals surface area contributed by atoms with Crippen LogP contribution in [0, 0.1) is 0 Å². The smallest absolute Gasteiger partial charge is 0.143 e. The van der Waals surface area contributed by atoms with Crippen LogP contribution in [0.1, 0.15) is 16.7 Å². The zero-order valence-corrected chi connectivity index (χ0v) is 16.4. The van der Waals surface area contributed by atoms with Crippen molar-refractivity contribution < 1.29 is 18.9 Å². The summed E-state index contributed by atoms with van der Waals surface area (Å²) in [7, 11) is 1.68. The van der Waals surface area contributed by atoms with Crippen LogP contribution < -0.4 is 4.74 Å². The van der Waals surface area contributed by atoms with Gasteiger partial charge in [-0.05, 0) is 28.8 Å². The van der Waals surface area contributed by atoms with Crippen LogP contribution in [0.2, 0.25) is 0 Å². The molecule has 3 unspecified atom stereocenters. The van der Waals surface area contributed by atoms with Crippen molar-refractivity contribution in [2.24, 2.45) is 0 Å². The zero-order chi connectivity index (χ0) is 19.7. The van der Waals surface area contributed by atoms with E-state index in [2.05, 4.69) is 36.4 Å². The second kappa shape index (κ2) is 7.64. The Labute approximate surface area is 171 Å². The van der Waals surface area contributed by atoms with Crippen molar-refractivity contribution in [3.8, 4) is 5.75 Å². The van der Waals surface area contributed by atoms with E-state index in [1.54, 1.807) is 7.11 Å². The number of methoxy groups -OCH3 is 1. The van der Waals surface area contributed by atoms with Crippen molar-refractivity contribution in [2.45, 2.75) is 23.9 Å². The largest absolute Gasteiger partial charge is 0.497 e. The highest BCUT2D eigenvalue weighted by molar-refractivity contribution is 5.48. The molecule has 3 aromatic carbocycles. The van der Waals surface area contributed by atoms with Gasteiger partial charge in [0.25, 0.3) is 0 Å². The summed E-state index contributed by atoms with van der Waals surface area (Å²) in [5.41, 5.74) is 2.43. The predicted octanol–water partition coefficient (Wildman–Crippen LogP) is 4.17. The number of hydrogen-bond acceptors (Lipinski definition) is 4.